The molecule has 2 rings (SSSR count). The lowest BCUT2D eigenvalue weighted by molar-refractivity contribution is 0.325. The smallest absolute Gasteiger partial charge is 0.229 e. The zero-order valence-corrected chi connectivity index (χ0v) is 12.5. The number of aromatic nitrogens is 2. The monoisotopic (exact) mass is 283 g/mol. The van der Waals surface area contributed by atoms with E-state index in [0.29, 0.717) is 24.4 Å². The first-order valence-electron chi connectivity index (χ1n) is 7.05. The van der Waals surface area contributed by atoms with Gasteiger partial charge in [-0.25, -0.2) is 4.98 Å². The van der Waals surface area contributed by atoms with Crippen molar-refractivity contribution in [3.63, 3.8) is 0 Å². The van der Waals surface area contributed by atoms with E-state index in [1.165, 1.54) is 19.3 Å². The number of hydrogen-bond donors (Lipinski definition) is 0. The normalized spacial score (nSPS) is 20.2. The number of aryl methyl sites for hydroxylation is 1. The third-order valence-electron chi connectivity index (χ3n) is 3.42. The van der Waals surface area contributed by atoms with Gasteiger partial charge < -0.3 is 9.64 Å². The minimum absolute atomic E-state index is 0.334. The van der Waals surface area contributed by atoms with Crippen LogP contribution in [-0.2, 0) is 0 Å². The molecular formula is C14H22ClN3O. The van der Waals surface area contributed by atoms with Crippen molar-refractivity contribution in [2.24, 2.45) is 0 Å². The average molecular weight is 284 g/mol. The fourth-order valence-electron chi connectivity index (χ4n) is 2.48. The number of hydrogen-bond acceptors (Lipinski definition) is 4. The summed E-state index contributed by atoms with van der Waals surface area (Å²) in [6.45, 7) is 5.53. The van der Waals surface area contributed by atoms with Crippen LogP contribution < -0.4 is 9.64 Å². The molecule has 1 aromatic heterocycles. The minimum atomic E-state index is 0.334. The minimum Gasteiger partial charge on any atom is -0.478 e. The third-order valence-corrected chi connectivity index (χ3v) is 3.78. The van der Waals surface area contributed by atoms with Crippen LogP contribution in [0.3, 0.4) is 0 Å². The van der Waals surface area contributed by atoms with E-state index in [4.69, 9.17) is 16.3 Å². The van der Waals surface area contributed by atoms with E-state index in [0.717, 1.165) is 24.6 Å². The van der Waals surface area contributed by atoms with Crippen molar-refractivity contribution in [1.82, 2.24) is 9.97 Å². The topological polar surface area (TPSA) is 38.2 Å². The van der Waals surface area contributed by atoms with Crippen LogP contribution in [0.5, 0.6) is 5.88 Å². The Morgan fingerprint density at radius 3 is 2.95 bits per heavy atom. The molecule has 1 atom stereocenters. The molecule has 106 valence electrons. The van der Waals surface area contributed by atoms with Gasteiger partial charge in [0, 0.05) is 30.2 Å². The zero-order chi connectivity index (χ0) is 13.7. The first-order chi connectivity index (χ1) is 9.24. The van der Waals surface area contributed by atoms with E-state index in [1.807, 2.05) is 19.9 Å². The highest BCUT2D eigenvalue weighted by Gasteiger charge is 2.23. The van der Waals surface area contributed by atoms with Gasteiger partial charge in [-0.15, -0.1) is 11.6 Å². The van der Waals surface area contributed by atoms with E-state index < -0.39 is 0 Å². The Morgan fingerprint density at radius 2 is 2.21 bits per heavy atom. The highest BCUT2D eigenvalue weighted by Crippen LogP contribution is 2.24. The van der Waals surface area contributed by atoms with Gasteiger partial charge in [0.05, 0.1) is 6.61 Å². The summed E-state index contributed by atoms with van der Waals surface area (Å²) in [5, 5.41) is 0. The van der Waals surface area contributed by atoms with Crippen LogP contribution in [0.1, 0.15) is 38.3 Å². The lowest BCUT2D eigenvalue weighted by Crippen LogP contribution is -2.37. The van der Waals surface area contributed by atoms with Crippen molar-refractivity contribution in [2.45, 2.75) is 45.6 Å². The summed E-state index contributed by atoms with van der Waals surface area (Å²) in [6, 6.07) is 2.21. The van der Waals surface area contributed by atoms with Gasteiger partial charge in [0.15, 0.2) is 0 Å². The fourth-order valence-corrected chi connectivity index (χ4v) is 2.80. The molecule has 2 heterocycles. The van der Waals surface area contributed by atoms with E-state index in [-0.39, 0.29) is 0 Å². The van der Waals surface area contributed by atoms with E-state index >= 15 is 0 Å². The summed E-state index contributed by atoms with van der Waals surface area (Å²) in [5.41, 5.74) is 0.936. The predicted octanol–water partition coefficient (Wildman–Crippen LogP) is 3.17. The Hall–Kier alpha value is -1.03. The van der Waals surface area contributed by atoms with Gasteiger partial charge in [0.25, 0.3) is 0 Å². The Kier molecular flexibility index (Phi) is 5.25. The van der Waals surface area contributed by atoms with Gasteiger partial charge in [-0.1, -0.05) is 12.8 Å². The molecule has 5 heteroatoms. The van der Waals surface area contributed by atoms with Crippen LogP contribution in [0.15, 0.2) is 6.07 Å². The fraction of sp³-hybridized carbons (Fsp3) is 0.714. The molecule has 0 spiro atoms. The molecule has 0 amide bonds. The molecule has 1 saturated heterocycles. The number of halogens is 1. The molecule has 0 bridgehead atoms. The molecule has 1 aromatic rings. The summed E-state index contributed by atoms with van der Waals surface area (Å²) < 4.78 is 5.51. The van der Waals surface area contributed by atoms with Crippen LogP contribution in [0.2, 0.25) is 0 Å². The molecule has 1 aliphatic heterocycles. The van der Waals surface area contributed by atoms with Crippen LogP contribution in [0.25, 0.3) is 0 Å². The van der Waals surface area contributed by atoms with Crippen LogP contribution in [-0.4, -0.2) is 35.0 Å². The number of rotatable bonds is 4. The van der Waals surface area contributed by atoms with Crippen LogP contribution in [0.4, 0.5) is 5.95 Å². The van der Waals surface area contributed by atoms with Crippen LogP contribution in [0, 0.1) is 6.92 Å². The summed E-state index contributed by atoms with van der Waals surface area (Å²) in [5.74, 6) is 2.04. The SMILES string of the molecule is CCOc1cc(C)nc(N2CCCCCC2CCl)n1. The molecule has 1 fully saturated rings. The number of ether oxygens (including phenoxy) is 1. The highest BCUT2D eigenvalue weighted by atomic mass is 35.5. The summed E-state index contributed by atoms with van der Waals surface area (Å²) in [6.07, 6.45) is 4.78. The molecule has 0 N–H and O–H groups in total. The molecular weight excluding hydrogens is 262 g/mol. The quantitative estimate of drug-likeness (QED) is 0.796. The molecule has 1 unspecified atom stereocenters. The van der Waals surface area contributed by atoms with E-state index in [1.54, 1.807) is 0 Å². The third kappa shape index (κ3) is 3.72. The summed E-state index contributed by atoms with van der Waals surface area (Å²) in [4.78, 5) is 11.3. The second kappa shape index (κ2) is 6.94. The Morgan fingerprint density at radius 1 is 1.37 bits per heavy atom. The van der Waals surface area contributed by atoms with Gasteiger partial charge in [-0.05, 0) is 26.7 Å². The lowest BCUT2D eigenvalue weighted by Gasteiger charge is -2.28. The largest absolute Gasteiger partial charge is 0.478 e. The maximum Gasteiger partial charge on any atom is 0.229 e. The van der Waals surface area contributed by atoms with Gasteiger partial charge in [-0.3, -0.25) is 0 Å². The lowest BCUT2D eigenvalue weighted by atomic mass is 10.1. The maximum absolute atomic E-state index is 6.11. The molecule has 0 aliphatic carbocycles. The molecule has 0 saturated carbocycles. The molecule has 19 heavy (non-hydrogen) atoms. The van der Waals surface area contributed by atoms with Gasteiger partial charge >= 0.3 is 0 Å². The van der Waals surface area contributed by atoms with Crippen molar-refractivity contribution in [1.29, 1.82) is 0 Å². The highest BCUT2D eigenvalue weighted by molar-refractivity contribution is 6.18. The summed E-state index contributed by atoms with van der Waals surface area (Å²) >= 11 is 6.11. The van der Waals surface area contributed by atoms with Crippen molar-refractivity contribution < 1.29 is 4.74 Å². The number of anilines is 1. The first-order valence-corrected chi connectivity index (χ1v) is 7.59. The van der Waals surface area contributed by atoms with Gasteiger partial charge in [0.2, 0.25) is 11.8 Å². The van der Waals surface area contributed by atoms with Gasteiger partial charge in [0.1, 0.15) is 0 Å². The Labute approximate surface area is 120 Å². The zero-order valence-electron chi connectivity index (χ0n) is 11.7. The van der Waals surface area contributed by atoms with E-state index in [2.05, 4.69) is 14.9 Å². The van der Waals surface area contributed by atoms with Crippen LogP contribution >= 0.6 is 11.6 Å². The van der Waals surface area contributed by atoms with E-state index in [9.17, 15) is 0 Å². The second-order valence-electron chi connectivity index (χ2n) is 4.93. The maximum atomic E-state index is 6.11. The molecule has 4 nitrogen and oxygen atoms in total. The predicted molar refractivity (Wildman–Crippen MR) is 78.3 cm³/mol. The van der Waals surface area contributed by atoms with Crippen molar-refractivity contribution >= 4 is 17.5 Å². The number of nitrogens with zero attached hydrogens (tertiary/aromatic N) is 3. The Bertz CT molecular complexity index is 414. The standard InChI is InChI=1S/C14H22ClN3O/c1-3-19-13-9-11(2)16-14(17-13)18-8-6-4-5-7-12(18)10-15/h9,12H,3-8,10H2,1-2H3. The van der Waals surface area contributed by atoms with Gasteiger partial charge in [-0.2, -0.15) is 4.98 Å². The number of alkyl halides is 1. The van der Waals surface area contributed by atoms with Crippen molar-refractivity contribution in [2.75, 3.05) is 23.9 Å². The summed E-state index contributed by atoms with van der Waals surface area (Å²) in [7, 11) is 0. The van der Waals surface area contributed by atoms with Crippen molar-refractivity contribution in [3.8, 4) is 5.88 Å². The average Bonchev–Trinajstić information content (AvgIpc) is 2.63. The first kappa shape index (κ1) is 14.4. The Balaban J connectivity index is 2.26. The molecule has 0 aromatic carbocycles. The molecule has 0 radical (unpaired) electrons. The second-order valence-corrected chi connectivity index (χ2v) is 5.24. The van der Waals surface area contributed by atoms with Crippen molar-refractivity contribution in [3.05, 3.63) is 11.8 Å². The molecule has 1 aliphatic rings.